The Hall–Kier alpha value is -3.56. The summed E-state index contributed by atoms with van der Waals surface area (Å²) >= 11 is 7.47. The van der Waals surface area contributed by atoms with Crippen molar-refractivity contribution in [2.75, 3.05) is 19.0 Å². The summed E-state index contributed by atoms with van der Waals surface area (Å²) in [5, 5.41) is 15.3. The minimum absolute atomic E-state index is 0.245. The van der Waals surface area contributed by atoms with Gasteiger partial charge in [-0.05, 0) is 53.2 Å². The van der Waals surface area contributed by atoms with Gasteiger partial charge in [-0.1, -0.05) is 65.8 Å². The Morgan fingerprint density at radius 1 is 1.09 bits per heavy atom. The predicted molar refractivity (Wildman–Crippen MR) is 132 cm³/mol. The maximum atomic E-state index is 13.4. The lowest BCUT2D eigenvalue weighted by molar-refractivity contribution is -0.115. The van der Waals surface area contributed by atoms with Crippen LogP contribution in [-0.2, 0) is 4.79 Å². The van der Waals surface area contributed by atoms with E-state index in [1.807, 2.05) is 61.5 Å². The van der Waals surface area contributed by atoms with Crippen molar-refractivity contribution >= 4 is 35.0 Å². The zero-order chi connectivity index (χ0) is 23.9. The van der Waals surface area contributed by atoms with Crippen LogP contribution in [0.3, 0.4) is 0 Å². The highest BCUT2D eigenvalue weighted by Gasteiger charge is 2.26. The molecule has 1 unspecified atom stereocenters. The molecule has 0 saturated carbocycles. The molecule has 8 nitrogen and oxygen atoms in total. The number of hydrogen-bond acceptors (Lipinski definition) is 7. The normalized spacial score (nSPS) is 11.6. The van der Waals surface area contributed by atoms with E-state index < -0.39 is 5.25 Å². The molecule has 0 saturated heterocycles. The molecule has 1 aromatic heterocycles. The number of tetrazole rings is 1. The van der Waals surface area contributed by atoms with Crippen molar-refractivity contribution in [2.45, 2.75) is 17.3 Å². The summed E-state index contributed by atoms with van der Waals surface area (Å²) in [6.45, 7) is 2.41. The summed E-state index contributed by atoms with van der Waals surface area (Å²) in [6.07, 6.45) is 0. The van der Waals surface area contributed by atoms with Gasteiger partial charge in [-0.25, -0.2) is 0 Å². The molecule has 4 aromatic rings. The van der Waals surface area contributed by atoms with Crippen molar-refractivity contribution in [2.24, 2.45) is 0 Å². The fraction of sp³-hybridized carbons (Fsp3) is 0.167. The molecule has 3 aromatic carbocycles. The third-order valence-electron chi connectivity index (χ3n) is 4.82. The molecule has 1 N–H and O–H groups in total. The number of anilines is 1. The lowest BCUT2D eigenvalue weighted by Gasteiger charge is -2.17. The first-order chi connectivity index (χ1) is 16.6. The number of nitrogens with one attached hydrogen (secondary N) is 1. The first-order valence-electron chi connectivity index (χ1n) is 10.5. The zero-order valence-electron chi connectivity index (χ0n) is 18.5. The smallest absolute Gasteiger partial charge is 0.242 e. The number of thioether (sulfide) groups is 1. The van der Waals surface area contributed by atoms with Crippen LogP contribution < -0.4 is 14.8 Å². The van der Waals surface area contributed by atoms with Crippen LogP contribution in [-0.4, -0.2) is 39.8 Å². The molecule has 1 heterocycles. The van der Waals surface area contributed by atoms with Gasteiger partial charge in [-0.2, -0.15) is 4.68 Å². The number of para-hydroxylation sites is 2. The van der Waals surface area contributed by atoms with E-state index in [0.717, 1.165) is 5.56 Å². The van der Waals surface area contributed by atoms with Crippen molar-refractivity contribution in [1.29, 1.82) is 0 Å². The van der Waals surface area contributed by atoms with Crippen molar-refractivity contribution in [3.05, 3.63) is 83.4 Å². The van der Waals surface area contributed by atoms with Crippen LogP contribution in [0.15, 0.2) is 78.0 Å². The van der Waals surface area contributed by atoms with Crippen LogP contribution in [0.25, 0.3) is 5.69 Å². The minimum Gasteiger partial charge on any atom is -0.495 e. The summed E-state index contributed by atoms with van der Waals surface area (Å²) in [5.74, 6) is 0.929. The van der Waals surface area contributed by atoms with Crippen molar-refractivity contribution in [1.82, 2.24) is 20.2 Å². The highest BCUT2D eigenvalue weighted by Crippen LogP contribution is 2.37. The molecule has 10 heteroatoms. The summed E-state index contributed by atoms with van der Waals surface area (Å²) in [5.41, 5.74) is 2.04. The Labute approximate surface area is 206 Å². The van der Waals surface area contributed by atoms with E-state index in [1.54, 1.807) is 22.9 Å². The third-order valence-corrected chi connectivity index (χ3v) is 6.30. The maximum absolute atomic E-state index is 13.4. The zero-order valence-corrected chi connectivity index (χ0v) is 20.1. The summed E-state index contributed by atoms with van der Waals surface area (Å²) in [7, 11) is 1.54. The molecule has 0 bridgehead atoms. The van der Waals surface area contributed by atoms with Crippen LogP contribution >= 0.6 is 23.4 Å². The number of benzene rings is 3. The number of methoxy groups -OCH3 is 1. The van der Waals surface area contributed by atoms with Gasteiger partial charge < -0.3 is 14.8 Å². The van der Waals surface area contributed by atoms with Gasteiger partial charge in [0, 0.05) is 5.69 Å². The lowest BCUT2D eigenvalue weighted by atomic mass is 10.1. The average Bonchev–Trinajstić information content (AvgIpc) is 3.32. The Morgan fingerprint density at radius 2 is 1.85 bits per heavy atom. The van der Waals surface area contributed by atoms with E-state index in [-0.39, 0.29) is 5.91 Å². The van der Waals surface area contributed by atoms with Gasteiger partial charge in [-0.3, -0.25) is 4.79 Å². The molecule has 34 heavy (non-hydrogen) atoms. The van der Waals surface area contributed by atoms with Crippen LogP contribution in [0.4, 0.5) is 5.69 Å². The molecule has 0 fully saturated rings. The fourth-order valence-corrected chi connectivity index (χ4v) is 4.52. The molecule has 0 aliphatic carbocycles. The topological polar surface area (TPSA) is 91.2 Å². The second kappa shape index (κ2) is 11.0. The Bertz CT molecular complexity index is 1270. The van der Waals surface area contributed by atoms with Gasteiger partial charge in [0.2, 0.25) is 11.1 Å². The Kier molecular flexibility index (Phi) is 7.66. The SMILES string of the molecule is CCOc1ccccc1-n1nnnc1SC(C(=O)Nc1ccc(OC)c(Cl)c1)c1ccccc1. The highest BCUT2D eigenvalue weighted by atomic mass is 35.5. The quantitative estimate of drug-likeness (QED) is 0.319. The summed E-state index contributed by atoms with van der Waals surface area (Å²) < 4.78 is 12.5. The number of aromatic nitrogens is 4. The predicted octanol–water partition coefficient (Wildman–Crippen LogP) is 5.20. The Balaban J connectivity index is 1.65. The van der Waals surface area contributed by atoms with Gasteiger partial charge in [0.05, 0.1) is 18.7 Å². The van der Waals surface area contributed by atoms with Crippen molar-refractivity contribution < 1.29 is 14.3 Å². The molecule has 0 aliphatic rings. The van der Waals surface area contributed by atoms with Gasteiger partial charge in [0.25, 0.3) is 0 Å². The number of rotatable bonds is 9. The van der Waals surface area contributed by atoms with Gasteiger partial charge in [0.1, 0.15) is 22.4 Å². The third kappa shape index (κ3) is 5.32. The molecule has 1 amide bonds. The van der Waals surface area contributed by atoms with Crippen molar-refractivity contribution in [3.8, 4) is 17.2 Å². The lowest BCUT2D eigenvalue weighted by Crippen LogP contribution is -2.19. The molecule has 0 aliphatic heterocycles. The molecule has 0 spiro atoms. The second-order valence-electron chi connectivity index (χ2n) is 7.02. The van der Waals surface area contributed by atoms with Gasteiger partial charge >= 0.3 is 0 Å². The maximum Gasteiger partial charge on any atom is 0.242 e. The monoisotopic (exact) mass is 495 g/mol. The highest BCUT2D eigenvalue weighted by molar-refractivity contribution is 8.00. The minimum atomic E-state index is -0.633. The molecular formula is C24H22ClN5O3S. The average molecular weight is 496 g/mol. The van der Waals surface area contributed by atoms with E-state index in [9.17, 15) is 4.79 Å². The van der Waals surface area contributed by atoms with Crippen LogP contribution in [0.1, 0.15) is 17.7 Å². The van der Waals surface area contributed by atoms with Crippen molar-refractivity contribution in [3.63, 3.8) is 0 Å². The summed E-state index contributed by atoms with van der Waals surface area (Å²) in [4.78, 5) is 13.4. The number of amides is 1. The number of carbonyl (C=O) groups excluding carboxylic acids is 1. The number of hydrogen-bond donors (Lipinski definition) is 1. The molecule has 0 radical (unpaired) electrons. The first-order valence-corrected chi connectivity index (χ1v) is 11.7. The number of carbonyl (C=O) groups is 1. The van der Waals surface area contributed by atoms with Gasteiger partial charge in [0.15, 0.2) is 0 Å². The molecular weight excluding hydrogens is 474 g/mol. The van der Waals surface area contributed by atoms with Crippen LogP contribution in [0.2, 0.25) is 5.02 Å². The summed E-state index contributed by atoms with van der Waals surface area (Å²) in [6, 6.07) is 22.0. The molecule has 4 rings (SSSR count). The number of ether oxygens (including phenoxy) is 2. The largest absolute Gasteiger partial charge is 0.495 e. The number of halogens is 1. The molecule has 1 atom stereocenters. The van der Waals surface area contributed by atoms with E-state index in [4.69, 9.17) is 21.1 Å². The standard InChI is InChI=1S/C24H22ClN5O3S/c1-3-33-21-12-8-7-11-19(21)30-24(27-28-29-30)34-22(16-9-5-4-6-10-16)23(31)26-17-13-14-20(32-2)18(25)15-17/h4-15,22H,3H2,1-2H3,(H,26,31). The van der Waals surface area contributed by atoms with Gasteiger partial charge in [-0.15, -0.1) is 5.10 Å². The van der Waals surface area contributed by atoms with Crippen LogP contribution in [0.5, 0.6) is 11.5 Å². The number of nitrogens with zero attached hydrogens (tertiary/aromatic N) is 4. The second-order valence-corrected chi connectivity index (χ2v) is 8.50. The van der Waals surface area contributed by atoms with Crippen LogP contribution in [0, 0.1) is 0 Å². The first kappa shape index (κ1) is 23.6. The van der Waals surface area contributed by atoms with E-state index >= 15 is 0 Å². The van der Waals surface area contributed by atoms with E-state index in [2.05, 4.69) is 20.8 Å². The fourth-order valence-electron chi connectivity index (χ4n) is 3.27. The van der Waals surface area contributed by atoms with E-state index in [0.29, 0.717) is 39.7 Å². The Morgan fingerprint density at radius 3 is 2.59 bits per heavy atom. The molecule has 174 valence electrons. The van der Waals surface area contributed by atoms with E-state index in [1.165, 1.54) is 18.9 Å².